The summed E-state index contributed by atoms with van der Waals surface area (Å²) < 4.78 is 5.47. The average molecular weight is 235 g/mol. The first-order chi connectivity index (χ1) is 8.35. The van der Waals surface area contributed by atoms with Crippen LogP contribution in [-0.4, -0.2) is 38.3 Å². The van der Waals surface area contributed by atoms with Crippen LogP contribution in [0.25, 0.3) is 0 Å². The van der Waals surface area contributed by atoms with Crippen LogP contribution in [0.4, 0.5) is 5.69 Å². The van der Waals surface area contributed by atoms with Crippen molar-refractivity contribution in [2.24, 2.45) is 0 Å². The summed E-state index contributed by atoms with van der Waals surface area (Å²) in [6, 6.07) is 2.10. The van der Waals surface area contributed by atoms with Gasteiger partial charge < -0.3 is 15.0 Å². The average Bonchev–Trinajstić information content (AvgIpc) is 2.40. The molecule has 17 heavy (non-hydrogen) atoms. The van der Waals surface area contributed by atoms with Crippen LogP contribution in [0.3, 0.4) is 0 Å². The van der Waals surface area contributed by atoms with Gasteiger partial charge >= 0.3 is 0 Å². The molecule has 0 spiro atoms. The molecule has 0 amide bonds. The van der Waals surface area contributed by atoms with Gasteiger partial charge in [-0.1, -0.05) is 0 Å². The number of piperidine rings is 1. The maximum atomic E-state index is 5.47. The summed E-state index contributed by atoms with van der Waals surface area (Å²) in [5.41, 5.74) is 2.54. The van der Waals surface area contributed by atoms with E-state index >= 15 is 0 Å². The highest BCUT2D eigenvalue weighted by atomic mass is 16.5. The van der Waals surface area contributed by atoms with Crippen molar-refractivity contribution in [3.05, 3.63) is 24.0 Å². The lowest BCUT2D eigenvalue weighted by atomic mass is 10.1. The molecule has 1 aromatic heterocycles. The number of ether oxygens (including phenoxy) is 1. The summed E-state index contributed by atoms with van der Waals surface area (Å²) in [4.78, 5) is 6.61. The third kappa shape index (κ3) is 2.96. The molecule has 1 aromatic rings. The quantitative estimate of drug-likeness (QED) is 0.856. The third-order valence-electron chi connectivity index (χ3n) is 3.30. The Bertz CT molecular complexity index is 356. The minimum Gasteiger partial charge on any atom is -0.380 e. The van der Waals surface area contributed by atoms with Crippen molar-refractivity contribution < 1.29 is 4.74 Å². The van der Waals surface area contributed by atoms with Crippen molar-refractivity contribution in [3.8, 4) is 0 Å². The van der Waals surface area contributed by atoms with Crippen LogP contribution in [0.15, 0.2) is 18.5 Å². The summed E-state index contributed by atoms with van der Waals surface area (Å²) in [6.45, 7) is 2.95. The monoisotopic (exact) mass is 235 g/mol. The first-order valence-corrected chi connectivity index (χ1v) is 6.20. The zero-order valence-corrected chi connectivity index (χ0v) is 10.6. The van der Waals surface area contributed by atoms with E-state index in [0.717, 1.165) is 19.6 Å². The second-order valence-corrected chi connectivity index (χ2v) is 4.48. The molecule has 1 saturated heterocycles. The number of anilines is 1. The molecule has 0 bridgehead atoms. The summed E-state index contributed by atoms with van der Waals surface area (Å²) in [5.74, 6) is 0. The van der Waals surface area contributed by atoms with Crippen molar-refractivity contribution in [1.29, 1.82) is 0 Å². The molecule has 0 radical (unpaired) electrons. The van der Waals surface area contributed by atoms with Crippen LogP contribution in [0.2, 0.25) is 0 Å². The molecule has 4 nitrogen and oxygen atoms in total. The number of nitrogens with zero attached hydrogens (tertiary/aromatic N) is 2. The zero-order valence-electron chi connectivity index (χ0n) is 10.6. The molecule has 94 valence electrons. The van der Waals surface area contributed by atoms with Crippen LogP contribution >= 0.6 is 0 Å². The molecule has 0 aliphatic carbocycles. The van der Waals surface area contributed by atoms with E-state index in [1.165, 1.54) is 24.1 Å². The van der Waals surface area contributed by atoms with Gasteiger partial charge in [-0.05, 0) is 26.0 Å². The van der Waals surface area contributed by atoms with Gasteiger partial charge in [0.05, 0.1) is 6.10 Å². The molecule has 1 unspecified atom stereocenters. The first kappa shape index (κ1) is 12.3. The van der Waals surface area contributed by atoms with Crippen molar-refractivity contribution in [2.45, 2.75) is 25.5 Å². The predicted molar refractivity (Wildman–Crippen MR) is 69.2 cm³/mol. The Morgan fingerprint density at radius 3 is 3.24 bits per heavy atom. The number of rotatable bonds is 4. The minimum atomic E-state index is 0.361. The molecule has 2 rings (SSSR count). The van der Waals surface area contributed by atoms with Crippen molar-refractivity contribution in [2.75, 3.05) is 32.1 Å². The van der Waals surface area contributed by atoms with E-state index in [2.05, 4.69) is 21.3 Å². The highest BCUT2D eigenvalue weighted by Crippen LogP contribution is 2.24. The molecule has 1 atom stereocenters. The van der Waals surface area contributed by atoms with E-state index in [-0.39, 0.29) is 0 Å². The Morgan fingerprint density at radius 2 is 2.47 bits per heavy atom. The maximum Gasteiger partial charge on any atom is 0.0746 e. The standard InChI is InChI=1S/C13H21N3O/c1-14-8-11-9-15-6-5-13(11)16-7-3-4-12(10-16)17-2/h5-6,9,12,14H,3-4,7-8,10H2,1-2H3. The number of pyridine rings is 1. The number of nitrogens with one attached hydrogen (secondary N) is 1. The van der Waals surface area contributed by atoms with Gasteiger partial charge in [-0.25, -0.2) is 0 Å². The Balaban J connectivity index is 2.15. The third-order valence-corrected chi connectivity index (χ3v) is 3.30. The molecule has 4 heteroatoms. The largest absolute Gasteiger partial charge is 0.380 e. The fraction of sp³-hybridized carbons (Fsp3) is 0.615. The van der Waals surface area contributed by atoms with Gasteiger partial charge in [-0.3, -0.25) is 4.98 Å². The van der Waals surface area contributed by atoms with E-state index in [1.807, 2.05) is 19.4 Å². The van der Waals surface area contributed by atoms with Crippen LogP contribution in [0.1, 0.15) is 18.4 Å². The Hall–Kier alpha value is -1.13. The predicted octanol–water partition coefficient (Wildman–Crippen LogP) is 1.42. The lowest BCUT2D eigenvalue weighted by Crippen LogP contribution is -2.39. The molecule has 0 saturated carbocycles. The smallest absolute Gasteiger partial charge is 0.0746 e. The number of methoxy groups -OCH3 is 1. The normalized spacial score (nSPS) is 20.6. The van der Waals surface area contributed by atoms with Gasteiger partial charge in [-0.2, -0.15) is 0 Å². The van der Waals surface area contributed by atoms with Gasteiger partial charge in [0.2, 0.25) is 0 Å². The lowest BCUT2D eigenvalue weighted by molar-refractivity contribution is 0.0893. The molecular formula is C13H21N3O. The molecular weight excluding hydrogens is 214 g/mol. The van der Waals surface area contributed by atoms with E-state index in [9.17, 15) is 0 Å². The van der Waals surface area contributed by atoms with E-state index < -0.39 is 0 Å². The fourth-order valence-corrected chi connectivity index (χ4v) is 2.40. The van der Waals surface area contributed by atoms with Gasteiger partial charge in [0.25, 0.3) is 0 Å². The van der Waals surface area contributed by atoms with Gasteiger partial charge in [0, 0.05) is 50.4 Å². The molecule has 1 fully saturated rings. The van der Waals surface area contributed by atoms with E-state index in [1.54, 1.807) is 7.11 Å². The summed E-state index contributed by atoms with van der Waals surface area (Å²) >= 11 is 0. The first-order valence-electron chi connectivity index (χ1n) is 6.20. The lowest BCUT2D eigenvalue weighted by Gasteiger charge is -2.34. The van der Waals surface area contributed by atoms with E-state index in [0.29, 0.717) is 6.10 Å². The molecule has 1 aliphatic heterocycles. The second kappa shape index (κ2) is 5.98. The number of hydrogen-bond donors (Lipinski definition) is 1. The van der Waals surface area contributed by atoms with Gasteiger partial charge in [0.1, 0.15) is 0 Å². The van der Waals surface area contributed by atoms with Crippen molar-refractivity contribution in [3.63, 3.8) is 0 Å². The number of aromatic nitrogens is 1. The second-order valence-electron chi connectivity index (χ2n) is 4.48. The van der Waals surface area contributed by atoms with Gasteiger partial charge in [-0.15, -0.1) is 0 Å². The maximum absolute atomic E-state index is 5.47. The van der Waals surface area contributed by atoms with E-state index in [4.69, 9.17) is 4.74 Å². The minimum absolute atomic E-state index is 0.361. The highest BCUT2D eigenvalue weighted by molar-refractivity contribution is 5.52. The number of hydrogen-bond acceptors (Lipinski definition) is 4. The van der Waals surface area contributed by atoms with Crippen LogP contribution in [0, 0.1) is 0 Å². The van der Waals surface area contributed by atoms with Crippen molar-refractivity contribution in [1.82, 2.24) is 10.3 Å². The summed E-state index contributed by atoms with van der Waals surface area (Å²) in [5, 5.41) is 3.19. The SMILES string of the molecule is CNCc1cnccc1N1CCCC(OC)C1. The zero-order chi connectivity index (χ0) is 12.1. The molecule has 2 heterocycles. The Labute approximate surface area is 103 Å². The summed E-state index contributed by atoms with van der Waals surface area (Å²) in [6.07, 6.45) is 6.53. The summed E-state index contributed by atoms with van der Waals surface area (Å²) in [7, 11) is 3.76. The van der Waals surface area contributed by atoms with Gasteiger partial charge in [0.15, 0.2) is 0 Å². The van der Waals surface area contributed by atoms with Crippen LogP contribution in [0.5, 0.6) is 0 Å². The molecule has 1 aliphatic rings. The van der Waals surface area contributed by atoms with Crippen LogP contribution < -0.4 is 10.2 Å². The topological polar surface area (TPSA) is 37.4 Å². The molecule has 0 aromatic carbocycles. The highest BCUT2D eigenvalue weighted by Gasteiger charge is 2.21. The van der Waals surface area contributed by atoms with Crippen LogP contribution in [-0.2, 0) is 11.3 Å². The molecule has 1 N–H and O–H groups in total. The van der Waals surface area contributed by atoms with Crippen molar-refractivity contribution >= 4 is 5.69 Å². The Kier molecular flexibility index (Phi) is 4.34. The Morgan fingerprint density at radius 1 is 1.59 bits per heavy atom. The fourth-order valence-electron chi connectivity index (χ4n) is 2.40.